The molecule has 6 aromatic carbocycles. The summed E-state index contributed by atoms with van der Waals surface area (Å²) in [4.78, 5) is 24.8. The van der Waals surface area contributed by atoms with Crippen LogP contribution in [0.15, 0.2) is 183 Å². The second-order valence-electron chi connectivity index (χ2n) is 15.3. The van der Waals surface area contributed by atoms with Crippen molar-refractivity contribution in [1.82, 2.24) is 19.9 Å². The van der Waals surface area contributed by atoms with Crippen LogP contribution in [0.5, 0.6) is 0 Å². The van der Waals surface area contributed by atoms with Crippen LogP contribution in [0.4, 0.5) is 22.7 Å². The predicted octanol–water partition coefficient (Wildman–Crippen LogP) is 9.41. The van der Waals surface area contributed by atoms with Gasteiger partial charge in [-0.05, 0) is 86.0 Å². The average Bonchev–Trinajstić information content (AvgIpc) is 3.30. The Bertz CT molecular complexity index is 3070. The summed E-state index contributed by atoms with van der Waals surface area (Å²) in [6.07, 6.45) is 7.61. The average molecular weight is 798 g/mol. The highest BCUT2D eigenvalue weighted by Crippen LogP contribution is 2.58. The molecular weight excluding hydrogens is 759 g/mol. The van der Waals surface area contributed by atoms with Gasteiger partial charge in [0.2, 0.25) is 0 Å². The molecule has 59 heavy (non-hydrogen) atoms. The summed E-state index contributed by atoms with van der Waals surface area (Å²) in [6.45, 7) is 2.49. The Morgan fingerprint density at radius 3 is 1.20 bits per heavy atom. The van der Waals surface area contributed by atoms with Crippen LogP contribution >= 0.6 is 15.2 Å². The zero-order valence-electron chi connectivity index (χ0n) is 32.9. The van der Waals surface area contributed by atoms with Gasteiger partial charge in [0.1, 0.15) is 23.2 Å². The first-order chi connectivity index (χ1) is 29.0. The van der Waals surface area contributed by atoms with Gasteiger partial charge in [0.05, 0.1) is 51.5 Å². The highest BCUT2D eigenvalue weighted by atomic mass is 31.2. The Labute approximate surface area is 345 Å². The number of benzene rings is 6. The van der Waals surface area contributed by atoms with Crippen molar-refractivity contribution in [3.8, 4) is 0 Å². The van der Waals surface area contributed by atoms with Gasteiger partial charge >= 0.3 is 0 Å². The van der Waals surface area contributed by atoms with Crippen LogP contribution in [0.25, 0.3) is 43.6 Å². The van der Waals surface area contributed by atoms with Crippen molar-refractivity contribution in [1.29, 1.82) is 0 Å². The summed E-state index contributed by atoms with van der Waals surface area (Å²) in [5.41, 5.74) is 8.46. The summed E-state index contributed by atoms with van der Waals surface area (Å²) in [5, 5.41) is 11.9. The van der Waals surface area contributed by atoms with E-state index in [4.69, 9.17) is 19.9 Å². The van der Waals surface area contributed by atoms with E-state index in [-0.39, 0.29) is 0 Å². The molecule has 0 radical (unpaired) electrons. The van der Waals surface area contributed by atoms with E-state index < -0.39 is 15.2 Å². The number of hydrogen-bond donors (Lipinski definition) is 0. The molecular formula is C51H39N6P2+. The maximum atomic E-state index is 4.99. The van der Waals surface area contributed by atoms with Crippen LogP contribution in [-0.4, -0.2) is 40.7 Å². The minimum Gasteiger partial charge on any atom is -0.341 e. The Hall–Kier alpha value is -6.58. The van der Waals surface area contributed by atoms with Crippen LogP contribution in [0, 0.1) is 0 Å². The summed E-state index contributed by atoms with van der Waals surface area (Å²) < 4.78 is 0. The highest BCUT2D eigenvalue weighted by Gasteiger charge is 2.47. The molecule has 0 spiro atoms. The Morgan fingerprint density at radius 1 is 0.407 bits per heavy atom. The molecule has 6 nitrogen and oxygen atoms in total. The maximum absolute atomic E-state index is 4.99. The Morgan fingerprint density at radius 2 is 0.780 bits per heavy atom. The van der Waals surface area contributed by atoms with Crippen molar-refractivity contribution in [2.75, 3.05) is 30.6 Å². The molecule has 5 heterocycles. The molecule has 0 atom stereocenters. The lowest BCUT2D eigenvalue weighted by Crippen LogP contribution is -2.38. The van der Waals surface area contributed by atoms with Gasteiger partial charge in [-0.1, -0.05) is 72.8 Å². The molecule has 11 rings (SSSR count). The monoisotopic (exact) mass is 797 g/mol. The fraction of sp³-hybridized carbons (Fsp3) is 0.0588. The molecule has 0 amide bonds. The van der Waals surface area contributed by atoms with Gasteiger partial charge in [0.15, 0.2) is 0 Å². The van der Waals surface area contributed by atoms with Gasteiger partial charge in [-0.2, -0.15) is 0 Å². The number of rotatable bonds is 2. The predicted molar refractivity (Wildman–Crippen MR) is 254 cm³/mol. The second kappa shape index (κ2) is 14.1. The quantitative estimate of drug-likeness (QED) is 0.163. The largest absolute Gasteiger partial charge is 0.341 e. The molecule has 0 saturated heterocycles. The van der Waals surface area contributed by atoms with E-state index in [1.807, 2.05) is 49.1 Å². The van der Waals surface area contributed by atoms with E-state index in [2.05, 4.69) is 164 Å². The van der Waals surface area contributed by atoms with Gasteiger partial charge in [-0.15, -0.1) is 0 Å². The molecule has 0 unspecified atom stereocenters. The fourth-order valence-electron chi connectivity index (χ4n) is 8.92. The van der Waals surface area contributed by atoms with E-state index in [9.17, 15) is 0 Å². The van der Waals surface area contributed by atoms with E-state index in [1.165, 1.54) is 31.8 Å². The van der Waals surface area contributed by atoms with E-state index >= 15 is 0 Å². The number of nitrogens with zero attached hydrogens (tertiary/aromatic N) is 6. The molecule has 10 aromatic rings. The van der Waals surface area contributed by atoms with E-state index in [0.29, 0.717) is 0 Å². The minimum absolute atomic E-state index is 0.970. The van der Waals surface area contributed by atoms with Gasteiger partial charge < -0.3 is 9.80 Å². The van der Waals surface area contributed by atoms with Crippen LogP contribution in [0.1, 0.15) is 0 Å². The third-order valence-corrected chi connectivity index (χ3v) is 18.4. The third-order valence-electron chi connectivity index (χ3n) is 12.0. The SMILES string of the molecule is CN1c2cc3cccnc3cc2P(c2ccccc2)c2cc3ncccc3cc2N(C)c2cc3cccnc3cc2[P+](C)(c2ccccc2)c2cc3ncccc3cc21. The molecule has 0 saturated carbocycles. The van der Waals surface area contributed by atoms with Crippen molar-refractivity contribution in [2.24, 2.45) is 0 Å². The van der Waals surface area contributed by atoms with Crippen LogP contribution < -0.4 is 41.6 Å². The molecule has 0 fully saturated rings. The van der Waals surface area contributed by atoms with Crippen LogP contribution in [0.3, 0.4) is 0 Å². The summed E-state index contributed by atoms with van der Waals surface area (Å²) in [5.74, 6) is 0. The van der Waals surface area contributed by atoms with Crippen molar-refractivity contribution >= 4 is 113 Å². The first kappa shape index (κ1) is 35.6. The number of aromatic nitrogens is 4. The van der Waals surface area contributed by atoms with Crippen molar-refractivity contribution in [3.05, 3.63) is 183 Å². The minimum atomic E-state index is -2.51. The molecule has 0 bridgehead atoms. The van der Waals surface area contributed by atoms with Crippen molar-refractivity contribution in [3.63, 3.8) is 0 Å². The lowest BCUT2D eigenvalue weighted by atomic mass is 10.1. The topological polar surface area (TPSA) is 58.0 Å². The molecule has 8 heteroatoms. The number of hydrogen-bond acceptors (Lipinski definition) is 6. The zero-order valence-corrected chi connectivity index (χ0v) is 34.7. The first-order valence-electron chi connectivity index (χ1n) is 19.8. The summed E-state index contributed by atoms with van der Waals surface area (Å²) in [7, 11) is 0.807. The summed E-state index contributed by atoms with van der Waals surface area (Å²) >= 11 is 0. The normalized spacial score (nSPS) is 16.6. The second-order valence-corrected chi connectivity index (χ2v) is 20.9. The third kappa shape index (κ3) is 5.78. The number of anilines is 4. The standard InChI is InChI=1S/C51H39N6P2/c1-56-44-26-34-14-10-22-52-40(34)30-48(44)58(38-18-6-4-7-19-38)49-31-41-35(15-11-23-53-41)27-45(49)57(2)47-29-37-17-13-25-55-43(37)33-51(47)59(3,39-20-8-5-9-21-39)50-32-42-36(28-46(50)56)16-12-24-54-42/h4-33H,1-3H3/q+1. The Balaban J connectivity index is 1.37. The smallest absolute Gasteiger partial charge is 0.130 e. The molecule has 1 aliphatic heterocycles. The highest BCUT2D eigenvalue weighted by molar-refractivity contribution is 7.95. The van der Waals surface area contributed by atoms with E-state index in [1.54, 1.807) is 0 Å². The first-order valence-corrected chi connectivity index (χ1v) is 23.3. The lowest BCUT2D eigenvalue weighted by Gasteiger charge is -2.36. The van der Waals surface area contributed by atoms with Gasteiger partial charge in [-0.25, -0.2) is 0 Å². The van der Waals surface area contributed by atoms with Gasteiger partial charge in [-0.3, -0.25) is 19.9 Å². The van der Waals surface area contributed by atoms with Crippen LogP contribution in [0.2, 0.25) is 0 Å². The fourth-order valence-corrected chi connectivity index (χ4v) is 15.3. The number of pyridine rings is 4. The molecule has 0 aliphatic carbocycles. The molecule has 0 N–H and O–H groups in total. The van der Waals surface area contributed by atoms with Gasteiger partial charge in [0.25, 0.3) is 0 Å². The molecule has 1 aliphatic rings. The van der Waals surface area contributed by atoms with Gasteiger partial charge in [0, 0.05) is 83.2 Å². The van der Waals surface area contributed by atoms with Crippen molar-refractivity contribution in [2.45, 2.75) is 0 Å². The molecule has 282 valence electrons. The molecule has 4 aromatic heterocycles. The summed E-state index contributed by atoms with van der Waals surface area (Å²) in [6, 6.07) is 57.8. The van der Waals surface area contributed by atoms with Crippen molar-refractivity contribution < 1.29 is 0 Å². The Kier molecular flexibility index (Phi) is 8.48. The zero-order chi connectivity index (χ0) is 39.7. The van der Waals surface area contributed by atoms with Crippen LogP contribution in [-0.2, 0) is 0 Å². The van der Waals surface area contributed by atoms with E-state index in [0.717, 1.165) is 66.4 Å². The maximum Gasteiger partial charge on any atom is 0.130 e. The number of fused-ring (bicyclic) bond motifs is 8. The lowest BCUT2D eigenvalue weighted by molar-refractivity contribution is 1.23.